The Morgan fingerprint density at radius 3 is 2.63 bits per heavy atom. The first kappa shape index (κ1) is 15.5. The number of piperidine rings is 1. The zero-order valence-electron chi connectivity index (χ0n) is 11.2. The van der Waals surface area contributed by atoms with Gasteiger partial charge in [-0.15, -0.1) is 12.4 Å². The predicted octanol–water partition coefficient (Wildman–Crippen LogP) is 1.39. The van der Waals surface area contributed by atoms with E-state index in [9.17, 15) is 10.0 Å². The summed E-state index contributed by atoms with van der Waals surface area (Å²) in [5, 5.41) is 14.2. The summed E-state index contributed by atoms with van der Waals surface area (Å²) in [7, 11) is 0. The molecule has 1 amide bonds. The minimum absolute atomic E-state index is 0. The highest BCUT2D eigenvalue weighted by Gasteiger charge is 2.19. The van der Waals surface area contributed by atoms with Gasteiger partial charge < -0.3 is 10.1 Å². The summed E-state index contributed by atoms with van der Waals surface area (Å²) in [6.07, 6.45) is 3.52. The Hall–Kier alpha value is -1.56. The number of anilines is 2. The third kappa shape index (κ3) is 3.70. The minimum Gasteiger partial charge on any atom is -0.740 e. The molecule has 0 radical (unpaired) electrons. The van der Waals surface area contributed by atoms with Crippen LogP contribution in [0.5, 0.6) is 0 Å². The van der Waals surface area contributed by atoms with Gasteiger partial charge in [0.1, 0.15) is 0 Å². The summed E-state index contributed by atoms with van der Waals surface area (Å²) < 4.78 is 0.648. The molecule has 1 N–H and O–H groups in total. The molecule has 0 spiro atoms. The first-order chi connectivity index (χ1) is 8.58. The smallest absolute Gasteiger partial charge is 0.401 e. The van der Waals surface area contributed by atoms with Crippen LogP contribution in [0.3, 0.4) is 0 Å². The lowest BCUT2D eigenvalue weighted by Crippen LogP contribution is -2.39. The van der Waals surface area contributed by atoms with E-state index in [0.29, 0.717) is 10.4 Å². The van der Waals surface area contributed by atoms with Crippen LogP contribution >= 0.6 is 12.4 Å². The van der Waals surface area contributed by atoms with Gasteiger partial charge in [-0.3, -0.25) is 4.79 Å². The highest BCUT2D eigenvalue weighted by Crippen LogP contribution is 2.18. The summed E-state index contributed by atoms with van der Waals surface area (Å²) in [6, 6.07) is 1.77. The fraction of sp³-hybridized carbons (Fsp3) is 0.583. The van der Waals surface area contributed by atoms with E-state index < -0.39 is 0 Å². The van der Waals surface area contributed by atoms with Gasteiger partial charge in [-0.2, -0.15) is 0 Å². The van der Waals surface area contributed by atoms with Crippen molar-refractivity contribution in [2.24, 2.45) is 0 Å². The standard InChI is InChI=1S/C12H18N4O2.ClH/c1-9-8-11(15-6-4-3-5-7-15)14-12(16(9)18)13-10(2)17;/h8H,3-7H2,1-2H3,(H,13,14,17);1H. The zero-order chi connectivity index (χ0) is 13.1. The molecule has 2 rings (SSSR count). The van der Waals surface area contributed by atoms with E-state index in [2.05, 4.69) is 15.2 Å². The molecule has 1 aliphatic rings. The van der Waals surface area contributed by atoms with Crippen molar-refractivity contribution in [3.05, 3.63) is 17.0 Å². The maximum Gasteiger partial charge on any atom is 0.401 e. The molecule has 7 heteroatoms. The van der Waals surface area contributed by atoms with Crippen molar-refractivity contribution in [2.45, 2.75) is 33.1 Å². The predicted molar refractivity (Wildman–Crippen MR) is 75.5 cm³/mol. The first-order valence-electron chi connectivity index (χ1n) is 6.21. The molecule has 0 bridgehead atoms. The van der Waals surface area contributed by atoms with Gasteiger partial charge in [0.2, 0.25) is 5.82 Å². The summed E-state index contributed by atoms with van der Waals surface area (Å²) in [5.41, 5.74) is 0.536. The highest BCUT2D eigenvalue weighted by atomic mass is 35.5. The minimum atomic E-state index is -0.290. The van der Waals surface area contributed by atoms with Crippen LogP contribution in [0.4, 0.5) is 11.8 Å². The average Bonchev–Trinajstić information content (AvgIpc) is 2.35. The summed E-state index contributed by atoms with van der Waals surface area (Å²) in [6.45, 7) is 4.99. The molecule has 0 atom stereocenters. The van der Waals surface area contributed by atoms with Crippen LogP contribution in [0.25, 0.3) is 0 Å². The van der Waals surface area contributed by atoms with Crippen molar-refractivity contribution in [1.82, 2.24) is 4.98 Å². The Bertz CT molecular complexity index is 461. The second-order valence-electron chi connectivity index (χ2n) is 4.60. The second-order valence-corrected chi connectivity index (χ2v) is 4.60. The Kier molecular flexibility index (Phi) is 5.35. The van der Waals surface area contributed by atoms with E-state index in [1.54, 1.807) is 13.0 Å². The highest BCUT2D eigenvalue weighted by molar-refractivity contribution is 5.86. The van der Waals surface area contributed by atoms with Crippen LogP contribution < -0.4 is 14.9 Å². The molecule has 0 unspecified atom stereocenters. The lowest BCUT2D eigenvalue weighted by molar-refractivity contribution is -0.599. The van der Waals surface area contributed by atoms with Crippen molar-refractivity contribution < 1.29 is 9.52 Å². The van der Waals surface area contributed by atoms with E-state index in [-0.39, 0.29) is 24.3 Å². The lowest BCUT2D eigenvalue weighted by Gasteiger charge is -2.26. The normalized spacial score (nSPS) is 14.7. The Balaban J connectivity index is 0.00000180. The fourth-order valence-electron chi connectivity index (χ4n) is 2.12. The number of amides is 1. The van der Waals surface area contributed by atoms with Gasteiger partial charge in [0.05, 0.1) is 5.69 Å². The Labute approximate surface area is 118 Å². The maximum atomic E-state index is 11.8. The molecular weight excluding hydrogens is 268 g/mol. The van der Waals surface area contributed by atoms with Crippen LogP contribution in [0.1, 0.15) is 31.9 Å². The van der Waals surface area contributed by atoms with Crippen LogP contribution in [-0.4, -0.2) is 24.0 Å². The first-order valence-corrected chi connectivity index (χ1v) is 6.21. The molecule has 1 aliphatic heterocycles. The van der Waals surface area contributed by atoms with E-state index in [1.165, 1.54) is 13.3 Å². The summed E-state index contributed by atoms with van der Waals surface area (Å²) in [5.74, 6) is 0.536. The van der Waals surface area contributed by atoms with Crippen molar-refractivity contribution in [3.63, 3.8) is 0 Å². The van der Waals surface area contributed by atoms with E-state index in [1.807, 2.05) is 0 Å². The van der Waals surface area contributed by atoms with Gasteiger partial charge in [-0.1, -0.05) is 4.98 Å². The molecular formula is C12H19ClN4O2. The molecule has 1 aromatic heterocycles. The number of halogens is 1. The topological polar surface area (TPSA) is 72.2 Å². The van der Waals surface area contributed by atoms with E-state index >= 15 is 0 Å². The van der Waals surface area contributed by atoms with Crippen LogP contribution in [0, 0.1) is 12.1 Å². The SMILES string of the molecule is CC(=O)Nc1nc(N2CCCCC2)cc(C)[n+]1[O-].Cl. The Morgan fingerprint density at radius 1 is 1.42 bits per heavy atom. The van der Waals surface area contributed by atoms with Gasteiger partial charge in [0.15, 0.2) is 0 Å². The molecule has 2 heterocycles. The third-order valence-corrected chi connectivity index (χ3v) is 3.04. The number of nitrogens with one attached hydrogen (secondary N) is 1. The van der Waals surface area contributed by atoms with Crippen LogP contribution in [0.2, 0.25) is 0 Å². The van der Waals surface area contributed by atoms with Gasteiger partial charge >= 0.3 is 5.95 Å². The number of aryl methyl sites for hydroxylation is 1. The quantitative estimate of drug-likeness (QED) is 0.659. The Morgan fingerprint density at radius 2 is 2.05 bits per heavy atom. The van der Waals surface area contributed by atoms with Crippen molar-refractivity contribution in [1.29, 1.82) is 0 Å². The van der Waals surface area contributed by atoms with Crippen molar-refractivity contribution >= 4 is 30.1 Å². The number of hydrogen-bond acceptors (Lipinski definition) is 4. The van der Waals surface area contributed by atoms with Gasteiger partial charge in [-0.25, -0.2) is 10.0 Å². The van der Waals surface area contributed by atoms with Gasteiger partial charge in [0, 0.05) is 26.1 Å². The fourth-order valence-corrected chi connectivity index (χ4v) is 2.12. The average molecular weight is 287 g/mol. The van der Waals surface area contributed by atoms with Crippen LogP contribution in [0.15, 0.2) is 6.07 Å². The molecule has 1 fully saturated rings. The van der Waals surface area contributed by atoms with E-state index in [4.69, 9.17) is 0 Å². The number of nitrogens with zero attached hydrogens (tertiary/aromatic N) is 3. The number of rotatable bonds is 2. The third-order valence-electron chi connectivity index (χ3n) is 3.04. The van der Waals surface area contributed by atoms with Crippen LogP contribution in [-0.2, 0) is 4.79 Å². The number of carbonyl (C=O) groups excluding carboxylic acids is 1. The molecule has 19 heavy (non-hydrogen) atoms. The molecule has 1 aromatic rings. The molecule has 106 valence electrons. The van der Waals surface area contributed by atoms with E-state index in [0.717, 1.165) is 31.7 Å². The van der Waals surface area contributed by atoms with Gasteiger partial charge in [-0.05, 0) is 26.2 Å². The molecule has 0 saturated carbocycles. The maximum absolute atomic E-state index is 11.8. The van der Waals surface area contributed by atoms with Crippen molar-refractivity contribution in [3.8, 4) is 0 Å². The molecule has 6 nitrogen and oxygen atoms in total. The van der Waals surface area contributed by atoms with Gasteiger partial charge in [0.25, 0.3) is 5.91 Å². The number of carbonyl (C=O) groups is 1. The molecule has 0 aromatic carbocycles. The lowest BCUT2D eigenvalue weighted by atomic mass is 10.1. The van der Waals surface area contributed by atoms with Crippen molar-refractivity contribution in [2.75, 3.05) is 23.3 Å². The number of hydrogen-bond donors (Lipinski definition) is 1. The molecule has 0 aliphatic carbocycles. The summed E-state index contributed by atoms with van der Waals surface area (Å²) in [4.78, 5) is 17.4. The largest absolute Gasteiger partial charge is 0.740 e. The monoisotopic (exact) mass is 286 g/mol. The molecule has 1 saturated heterocycles. The second kappa shape index (κ2) is 6.56. The summed E-state index contributed by atoms with van der Waals surface area (Å²) >= 11 is 0. The number of aromatic nitrogens is 2. The zero-order valence-corrected chi connectivity index (χ0v) is 12.0.